The largest absolute Gasteiger partial charge is 0.478 e. The minimum atomic E-state index is -1.39. The third kappa shape index (κ3) is 2.80. The number of benzene rings is 1. The van der Waals surface area contributed by atoms with E-state index in [4.69, 9.17) is 5.11 Å². The fourth-order valence-corrected chi connectivity index (χ4v) is 2.32. The molecule has 1 heterocycles. The van der Waals surface area contributed by atoms with Crippen LogP contribution in [0.25, 0.3) is 0 Å². The summed E-state index contributed by atoms with van der Waals surface area (Å²) in [6.45, 7) is 3.31. The van der Waals surface area contributed by atoms with Crippen LogP contribution in [-0.2, 0) is 4.79 Å². The fourth-order valence-electron chi connectivity index (χ4n) is 2.32. The summed E-state index contributed by atoms with van der Waals surface area (Å²) in [5, 5.41) is 14.8. The van der Waals surface area contributed by atoms with Gasteiger partial charge in [-0.05, 0) is 38.1 Å². The average molecular weight is 280 g/mol. The summed E-state index contributed by atoms with van der Waals surface area (Å²) in [6.07, 6.45) is 1.33. The minimum absolute atomic E-state index is 0.00209. The van der Waals surface area contributed by atoms with Gasteiger partial charge in [0, 0.05) is 5.41 Å². The lowest BCUT2D eigenvalue weighted by atomic mass is 9.80. The monoisotopic (exact) mass is 280 g/mol. The standard InChI is InChI=1S/C14H17FN2O3/c1-14(5-7-16-8-6-14)13(20)17-10-4-2-3-9(15)11(10)12(18)19/h2-4,16H,5-8H2,1H3,(H,17,20)(H,18,19). The third-order valence-electron chi connectivity index (χ3n) is 3.73. The molecule has 5 nitrogen and oxygen atoms in total. The molecule has 6 heteroatoms. The summed E-state index contributed by atoms with van der Waals surface area (Å²) in [4.78, 5) is 23.4. The van der Waals surface area contributed by atoms with Crippen molar-refractivity contribution in [3.05, 3.63) is 29.6 Å². The molecule has 1 fully saturated rings. The van der Waals surface area contributed by atoms with Crippen LogP contribution < -0.4 is 10.6 Å². The topological polar surface area (TPSA) is 78.4 Å². The quantitative estimate of drug-likeness (QED) is 0.789. The molecule has 1 aromatic rings. The molecule has 1 aliphatic heterocycles. The van der Waals surface area contributed by atoms with E-state index in [0.717, 1.165) is 19.2 Å². The zero-order valence-corrected chi connectivity index (χ0v) is 11.2. The highest BCUT2D eigenvalue weighted by atomic mass is 19.1. The highest BCUT2D eigenvalue weighted by molar-refractivity contribution is 6.02. The fraction of sp³-hybridized carbons (Fsp3) is 0.429. The summed E-state index contributed by atoms with van der Waals surface area (Å²) >= 11 is 0. The van der Waals surface area contributed by atoms with Crippen LogP contribution in [0.2, 0.25) is 0 Å². The Morgan fingerprint density at radius 3 is 2.60 bits per heavy atom. The van der Waals surface area contributed by atoms with Crippen LogP contribution in [0.1, 0.15) is 30.1 Å². The highest BCUT2D eigenvalue weighted by Gasteiger charge is 2.35. The second-order valence-corrected chi connectivity index (χ2v) is 5.23. The first kappa shape index (κ1) is 14.5. The van der Waals surface area contributed by atoms with Gasteiger partial charge >= 0.3 is 5.97 Å². The van der Waals surface area contributed by atoms with Crippen molar-refractivity contribution in [2.75, 3.05) is 18.4 Å². The molecule has 1 aromatic carbocycles. The number of anilines is 1. The maximum atomic E-state index is 13.5. The van der Waals surface area contributed by atoms with E-state index in [-0.39, 0.29) is 11.6 Å². The molecule has 0 aromatic heterocycles. The van der Waals surface area contributed by atoms with Gasteiger partial charge in [-0.3, -0.25) is 4.79 Å². The Balaban J connectivity index is 2.24. The van der Waals surface area contributed by atoms with E-state index in [1.54, 1.807) is 0 Å². The van der Waals surface area contributed by atoms with Gasteiger partial charge in [0.25, 0.3) is 0 Å². The first-order valence-corrected chi connectivity index (χ1v) is 6.48. The molecule has 0 atom stereocenters. The zero-order chi connectivity index (χ0) is 14.8. The van der Waals surface area contributed by atoms with Gasteiger partial charge in [-0.2, -0.15) is 0 Å². The molecule has 0 unspecified atom stereocenters. The van der Waals surface area contributed by atoms with Crippen LogP contribution in [0.3, 0.4) is 0 Å². The van der Waals surface area contributed by atoms with Crippen LogP contribution in [0, 0.1) is 11.2 Å². The van der Waals surface area contributed by atoms with E-state index < -0.39 is 22.8 Å². The van der Waals surface area contributed by atoms with E-state index in [2.05, 4.69) is 10.6 Å². The lowest BCUT2D eigenvalue weighted by molar-refractivity contribution is -0.126. The number of halogens is 1. The highest BCUT2D eigenvalue weighted by Crippen LogP contribution is 2.30. The number of piperidine rings is 1. The first-order chi connectivity index (χ1) is 9.44. The van der Waals surface area contributed by atoms with Gasteiger partial charge in [0.05, 0.1) is 5.69 Å². The van der Waals surface area contributed by atoms with Crippen LogP contribution in [0.4, 0.5) is 10.1 Å². The van der Waals surface area contributed by atoms with Gasteiger partial charge in [-0.15, -0.1) is 0 Å². The van der Waals surface area contributed by atoms with Gasteiger partial charge in [0.2, 0.25) is 5.91 Å². The van der Waals surface area contributed by atoms with Crippen molar-refractivity contribution in [2.45, 2.75) is 19.8 Å². The van der Waals surface area contributed by atoms with Gasteiger partial charge in [-0.1, -0.05) is 13.0 Å². The van der Waals surface area contributed by atoms with Crippen molar-refractivity contribution in [3.63, 3.8) is 0 Å². The normalized spacial score (nSPS) is 17.5. The van der Waals surface area contributed by atoms with Crippen molar-refractivity contribution in [1.29, 1.82) is 0 Å². The Bertz CT molecular complexity index is 539. The molecule has 2 rings (SSSR count). The predicted octanol–water partition coefficient (Wildman–Crippen LogP) is 1.85. The van der Waals surface area contributed by atoms with Crippen molar-refractivity contribution in [3.8, 4) is 0 Å². The number of nitrogens with one attached hydrogen (secondary N) is 2. The molecule has 1 aliphatic rings. The molecular weight excluding hydrogens is 263 g/mol. The molecule has 0 saturated carbocycles. The Kier molecular flexibility index (Phi) is 4.04. The number of hydrogen-bond acceptors (Lipinski definition) is 3. The lowest BCUT2D eigenvalue weighted by Crippen LogP contribution is -2.43. The zero-order valence-electron chi connectivity index (χ0n) is 11.2. The van der Waals surface area contributed by atoms with Crippen molar-refractivity contribution >= 4 is 17.6 Å². The number of carbonyl (C=O) groups excluding carboxylic acids is 1. The van der Waals surface area contributed by atoms with Crippen molar-refractivity contribution < 1.29 is 19.1 Å². The van der Waals surface area contributed by atoms with Gasteiger partial charge < -0.3 is 15.7 Å². The molecule has 1 amide bonds. The van der Waals surface area contributed by atoms with Gasteiger partial charge in [0.1, 0.15) is 11.4 Å². The Morgan fingerprint density at radius 2 is 2.00 bits per heavy atom. The lowest BCUT2D eigenvalue weighted by Gasteiger charge is -2.32. The van der Waals surface area contributed by atoms with E-state index in [1.165, 1.54) is 12.1 Å². The number of carboxylic acid groups (broad SMARTS) is 1. The number of rotatable bonds is 3. The number of aromatic carboxylic acids is 1. The number of carboxylic acids is 1. The van der Waals surface area contributed by atoms with E-state index in [0.29, 0.717) is 12.8 Å². The summed E-state index contributed by atoms with van der Waals surface area (Å²) in [7, 11) is 0. The number of amides is 1. The molecule has 1 saturated heterocycles. The van der Waals surface area contributed by atoms with Crippen molar-refractivity contribution in [2.24, 2.45) is 5.41 Å². The van der Waals surface area contributed by atoms with Crippen LogP contribution in [0.15, 0.2) is 18.2 Å². The van der Waals surface area contributed by atoms with Crippen LogP contribution in [0.5, 0.6) is 0 Å². The Hall–Kier alpha value is -1.95. The summed E-state index contributed by atoms with van der Waals surface area (Å²) in [5.74, 6) is -2.52. The van der Waals surface area contributed by atoms with Gasteiger partial charge in [-0.25, -0.2) is 9.18 Å². The molecular formula is C14H17FN2O3. The second kappa shape index (κ2) is 5.58. The smallest absolute Gasteiger partial charge is 0.340 e. The third-order valence-corrected chi connectivity index (χ3v) is 3.73. The summed E-state index contributed by atoms with van der Waals surface area (Å²) in [5.41, 5.74) is -1.06. The van der Waals surface area contributed by atoms with Gasteiger partial charge in [0.15, 0.2) is 0 Å². The maximum absolute atomic E-state index is 13.5. The average Bonchev–Trinajstić information content (AvgIpc) is 2.39. The minimum Gasteiger partial charge on any atom is -0.478 e. The van der Waals surface area contributed by atoms with Crippen LogP contribution >= 0.6 is 0 Å². The Morgan fingerprint density at radius 1 is 1.35 bits per heavy atom. The molecule has 0 bridgehead atoms. The van der Waals surface area contributed by atoms with E-state index in [1.807, 2.05) is 6.92 Å². The maximum Gasteiger partial charge on any atom is 0.340 e. The number of hydrogen-bond donors (Lipinski definition) is 3. The second-order valence-electron chi connectivity index (χ2n) is 5.23. The molecule has 108 valence electrons. The SMILES string of the molecule is CC1(C(=O)Nc2cccc(F)c2C(=O)O)CCNCC1. The summed E-state index contributed by atoms with van der Waals surface area (Å²) in [6, 6.07) is 3.84. The van der Waals surface area contributed by atoms with Crippen LogP contribution in [-0.4, -0.2) is 30.1 Å². The molecule has 0 radical (unpaired) electrons. The summed E-state index contributed by atoms with van der Waals surface area (Å²) < 4.78 is 13.5. The molecule has 20 heavy (non-hydrogen) atoms. The van der Waals surface area contributed by atoms with Crippen molar-refractivity contribution in [1.82, 2.24) is 5.32 Å². The molecule has 0 aliphatic carbocycles. The van der Waals surface area contributed by atoms with E-state index in [9.17, 15) is 14.0 Å². The first-order valence-electron chi connectivity index (χ1n) is 6.48. The molecule has 0 spiro atoms. The molecule has 3 N–H and O–H groups in total. The predicted molar refractivity (Wildman–Crippen MR) is 72.2 cm³/mol. The Labute approximate surface area is 116 Å². The van der Waals surface area contributed by atoms with E-state index >= 15 is 0 Å². The number of carbonyl (C=O) groups is 2.